The Hall–Kier alpha value is -1.68. The van der Waals surface area contributed by atoms with Crippen LogP contribution in [0.3, 0.4) is 0 Å². The maximum Gasteiger partial charge on any atom is 0.138 e. The summed E-state index contributed by atoms with van der Waals surface area (Å²) in [5.41, 5.74) is 9.13. The Morgan fingerprint density at radius 3 is 2.76 bits per heavy atom. The van der Waals surface area contributed by atoms with Crippen LogP contribution in [0.15, 0.2) is 22.7 Å². The lowest BCUT2D eigenvalue weighted by Gasteiger charge is -2.10. The Balaban J connectivity index is 2.18. The normalized spacial score (nSPS) is 10.5. The van der Waals surface area contributed by atoms with Crippen molar-refractivity contribution in [2.45, 2.75) is 20.4 Å². The minimum Gasteiger partial charge on any atom is -0.397 e. The predicted octanol–water partition coefficient (Wildman–Crippen LogP) is 3.14. The molecule has 2 aromatic rings. The van der Waals surface area contributed by atoms with E-state index in [9.17, 15) is 0 Å². The number of para-hydroxylation sites is 1. The van der Waals surface area contributed by atoms with Gasteiger partial charge in [0.25, 0.3) is 0 Å². The molecule has 1 aromatic carbocycles. The van der Waals surface area contributed by atoms with Gasteiger partial charge in [0.05, 0.1) is 22.1 Å². The van der Waals surface area contributed by atoms with Crippen LogP contribution in [0.2, 0.25) is 5.02 Å². The number of nitrogens with two attached hydrogens (primary N) is 1. The van der Waals surface area contributed by atoms with Crippen LogP contribution in [0.5, 0.6) is 0 Å². The summed E-state index contributed by atoms with van der Waals surface area (Å²) in [6.07, 6.45) is 0. The van der Waals surface area contributed by atoms with Gasteiger partial charge < -0.3 is 15.6 Å². The third-order valence-electron chi connectivity index (χ3n) is 2.67. The van der Waals surface area contributed by atoms with Gasteiger partial charge in [0.1, 0.15) is 5.76 Å². The van der Waals surface area contributed by atoms with E-state index in [1.54, 1.807) is 6.07 Å². The second-order valence-corrected chi connectivity index (χ2v) is 4.27. The lowest BCUT2D eigenvalue weighted by atomic mass is 10.2. The quantitative estimate of drug-likeness (QED) is 0.823. The highest BCUT2D eigenvalue weighted by Crippen LogP contribution is 2.28. The molecule has 0 unspecified atom stereocenters. The van der Waals surface area contributed by atoms with Crippen molar-refractivity contribution in [1.29, 1.82) is 0 Å². The van der Waals surface area contributed by atoms with Crippen molar-refractivity contribution in [3.63, 3.8) is 0 Å². The number of hydrogen-bond donors (Lipinski definition) is 2. The van der Waals surface area contributed by atoms with E-state index in [0.717, 1.165) is 22.7 Å². The molecule has 4 nitrogen and oxygen atoms in total. The number of aromatic nitrogens is 1. The largest absolute Gasteiger partial charge is 0.397 e. The van der Waals surface area contributed by atoms with E-state index < -0.39 is 0 Å². The number of halogens is 1. The fourth-order valence-electron chi connectivity index (χ4n) is 1.66. The fraction of sp³-hybridized carbons (Fsp3) is 0.250. The van der Waals surface area contributed by atoms with Gasteiger partial charge in [-0.25, -0.2) is 0 Å². The maximum atomic E-state index is 6.07. The molecule has 90 valence electrons. The summed E-state index contributed by atoms with van der Waals surface area (Å²) >= 11 is 6.07. The van der Waals surface area contributed by atoms with E-state index in [1.165, 1.54) is 0 Å². The fourth-order valence-corrected chi connectivity index (χ4v) is 1.91. The third kappa shape index (κ3) is 2.36. The number of nitrogens with zero attached hydrogens (tertiary/aromatic N) is 1. The molecular weight excluding hydrogens is 238 g/mol. The molecule has 0 bridgehead atoms. The first-order chi connectivity index (χ1) is 8.09. The van der Waals surface area contributed by atoms with Crippen molar-refractivity contribution in [2.75, 3.05) is 11.1 Å². The minimum absolute atomic E-state index is 0.592. The Labute approximate surface area is 105 Å². The Morgan fingerprint density at radius 2 is 2.18 bits per heavy atom. The summed E-state index contributed by atoms with van der Waals surface area (Å²) in [6.45, 7) is 4.38. The van der Waals surface area contributed by atoms with Gasteiger partial charge in [0.15, 0.2) is 0 Å². The summed E-state index contributed by atoms with van der Waals surface area (Å²) < 4.78 is 5.09. The van der Waals surface area contributed by atoms with E-state index >= 15 is 0 Å². The summed E-state index contributed by atoms with van der Waals surface area (Å²) in [5, 5.41) is 7.71. The van der Waals surface area contributed by atoms with Crippen LogP contribution < -0.4 is 11.1 Å². The van der Waals surface area contributed by atoms with Crippen LogP contribution in [0, 0.1) is 13.8 Å². The summed E-state index contributed by atoms with van der Waals surface area (Å²) in [5.74, 6) is 0.806. The number of nitrogen functional groups attached to an aromatic ring is 1. The molecule has 0 saturated heterocycles. The summed E-state index contributed by atoms with van der Waals surface area (Å²) in [7, 11) is 0. The molecule has 0 aliphatic carbocycles. The van der Waals surface area contributed by atoms with Gasteiger partial charge in [0.2, 0.25) is 0 Å². The summed E-state index contributed by atoms with van der Waals surface area (Å²) in [4.78, 5) is 0. The van der Waals surface area contributed by atoms with Crippen molar-refractivity contribution in [3.8, 4) is 0 Å². The molecule has 0 radical (unpaired) electrons. The van der Waals surface area contributed by atoms with E-state index in [4.69, 9.17) is 21.9 Å². The van der Waals surface area contributed by atoms with Gasteiger partial charge in [-0.2, -0.15) is 0 Å². The molecule has 0 saturated carbocycles. The van der Waals surface area contributed by atoms with Gasteiger partial charge in [-0.1, -0.05) is 22.8 Å². The predicted molar refractivity (Wildman–Crippen MR) is 69.2 cm³/mol. The zero-order chi connectivity index (χ0) is 12.4. The highest BCUT2D eigenvalue weighted by molar-refractivity contribution is 6.33. The van der Waals surface area contributed by atoms with Crippen molar-refractivity contribution >= 4 is 23.0 Å². The van der Waals surface area contributed by atoms with Crippen molar-refractivity contribution < 1.29 is 4.52 Å². The smallest absolute Gasteiger partial charge is 0.138 e. The topological polar surface area (TPSA) is 64.1 Å². The number of anilines is 2. The lowest BCUT2D eigenvalue weighted by molar-refractivity contribution is 0.392. The van der Waals surface area contributed by atoms with Crippen molar-refractivity contribution in [3.05, 3.63) is 40.2 Å². The Morgan fingerprint density at radius 1 is 1.41 bits per heavy atom. The van der Waals surface area contributed by atoms with Crippen molar-refractivity contribution in [1.82, 2.24) is 5.16 Å². The van der Waals surface area contributed by atoms with Crippen LogP contribution in [-0.2, 0) is 6.54 Å². The number of benzene rings is 1. The molecule has 0 amide bonds. The molecule has 0 aliphatic rings. The molecule has 0 atom stereocenters. The molecule has 0 fully saturated rings. The molecule has 1 heterocycles. The van der Waals surface area contributed by atoms with Gasteiger partial charge in [-0.15, -0.1) is 0 Å². The van der Waals surface area contributed by atoms with E-state index in [0.29, 0.717) is 17.3 Å². The van der Waals surface area contributed by atoms with Gasteiger partial charge >= 0.3 is 0 Å². The SMILES string of the molecule is Cc1noc(C)c1CNc1c(N)cccc1Cl. The monoisotopic (exact) mass is 251 g/mol. The molecule has 1 aromatic heterocycles. The first-order valence-corrected chi connectivity index (χ1v) is 5.67. The summed E-state index contributed by atoms with van der Waals surface area (Å²) in [6, 6.07) is 5.42. The van der Waals surface area contributed by atoms with E-state index in [-0.39, 0.29) is 0 Å². The number of hydrogen-bond acceptors (Lipinski definition) is 4. The Kier molecular flexibility index (Phi) is 3.24. The van der Waals surface area contributed by atoms with Gasteiger partial charge in [-0.05, 0) is 26.0 Å². The zero-order valence-corrected chi connectivity index (χ0v) is 10.5. The van der Waals surface area contributed by atoms with Crippen LogP contribution in [0.1, 0.15) is 17.0 Å². The number of rotatable bonds is 3. The minimum atomic E-state index is 0.592. The third-order valence-corrected chi connectivity index (χ3v) is 2.98. The van der Waals surface area contributed by atoms with Crippen LogP contribution in [0.25, 0.3) is 0 Å². The zero-order valence-electron chi connectivity index (χ0n) is 9.75. The molecule has 0 aliphatic heterocycles. The van der Waals surface area contributed by atoms with Crippen molar-refractivity contribution in [2.24, 2.45) is 0 Å². The molecular formula is C12H14ClN3O. The molecule has 3 N–H and O–H groups in total. The molecule has 5 heteroatoms. The van der Waals surface area contributed by atoms with Gasteiger partial charge in [0, 0.05) is 12.1 Å². The average molecular weight is 252 g/mol. The highest BCUT2D eigenvalue weighted by atomic mass is 35.5. The van der Waals surface area contributed by atoms with Crippen LogP contribution in [0.4, 0.5) is 11.4 Å². The first kappa shape index (κ1) is 11.8. The van der Waals surface area contributed by atoms with Crippen LogP contribution in [-0.4, -0.2) is 5.16 Å². The lowest BCUT2D eigenvalue weighted by Crippen LogP contribution is -2.04. The standard InChI is InChI=1S/C12H14ClN3O/c1-7-9(8(2)17-16-7)6-15-12-10(13)4-3-5-11(12)14/h3-5,15H,6,14H2,1-2H3. The maximum absolute atomic E-state index is 6.07. The first-order valence-electron chi connectivity index (χ1n) is 5.29. The number of nitrogens with one attached hydrogen (secondary N) is 1. The number of aryl methyl sites for hydroxylation is 2. The Bertz CT molecular complexity index is 497. The average Bonchev–Trinajstić information content (AvgIpc) is 2.59. The van der Waals surface area contributed by atoms with E-state index in [1.807, 2.05) is 26.0 Å². The van der Waals surface area contributed by atoms with Gasteiger partial charge in [-0.3, -0.25) is 0 Å². The second-order valence-electron chi connectivity index (χ2n) is 3.86. The van der Waals surface area contributed by atoms with E-state index in [2.05, 4.69) is 10.5 Å². The highest BCUT2D eigenvalue weighted by Gasteiger charge is 2.10. The second kappa shape index (κ2) is 4.67. The molecule has 0 spiro atoms. The molecule has 2 rings (SSSR count). The molecule has 17 heavy (non-hydrogen) atoms. The van der Waals surface area contributed by atoms with Crippen LogP contribution >= 0.6 is 11.6 Å².